The van der Waals surface area contributed by atoms with Crippen molar-refractivity contribution in [2.24, 2.45) is 0 Å². The highest BCUT2D eigenvalue weighted by molar-refractivity contribution is 7.98. The highest BCUT2D eigenvalue weighted by atomic mass is 32.2. The molecule has 0 aliphatic carbocycles. The molecule has 0 fully saturated rings. The van der Waals surface area contributed by atoms with Gasteiger partial charge >= 0.3 is 6.18 Å². The SMILES string of the molecule is C=CCn1c(COc2cccc(C(F)(F)F)c2)nnc1SCc1ccc(C)cc1. The molecule has 0 bridgehead atoms. The first-order chi connectivity index (χ1) is 13.9. The summed E-state index contributed by atoms with van der Waals surface area (Å²) >= 11 is 1.53. The van der Waals surface area contributed by atoms with Crippen LogP contribution in [0.25, 0.3) is 0 Å². The summed E-state index contributed by atoms with van der Waals surface area (Å²) in [5.74, 6) is 1.37. The molecule has 2 aromatic carbocycles. The number of alkyl halides is 3. The Kier molecular flexibility index (Phi) is 6.64. The highest BCUT2D eigenvalue weighted by Crippen LogP contribution is 2.31. The molecule has 0 radical (unpaired) electrons. The van der Waals surface area contributed by atoms with Crippen molar-refractivity contribution in [3.8, 4) is 5.75 Å². The third-order valence-corrected chi connectivity index (χ3v) is 5.16. The number of halogens is 3. The van der Waals surface area contributed by atoms with Gasteiger partial charge in [0.25, 0.3) is 0 Å². The summed E-state index contributed by atoms with van der Waals surface area (Å²) in [5.41, 5.74) is 1.61. The summed E-state index contributed by atoms with van der Waals surface area (Å²) in [5, 5.41) is 9.05. The fourth-order valence-corrected chi connectivity index (χ4v) is 3.51. The first kappa shape index (κ1) is 21.0. The number of thioether (sulfide) groups is 1. The normalized spacial score (nSPS) is 11.4. The quantitative estimate of drug-likeness (QED) is 0.349. The third-order valence-electron chi connectivity index (χ3n) is 4.12. The molecule has 0 unspecified atom stereocenters. The smallest absolute Gasteiger partial charge is 0.416 e. The van der Waals surface area contributed by atoms with E-state index in [1.54, 1.807) is 6.08 Å². The molecule has 0 amide bonds. The Hall–Kier alpha value is -2.74. The predicted octanol–water partition coefficient (Wildman–Crippen LogP) is 5.66. The zero-order chi connectivity index (χ0) is 20.9. The van der Waals surface area contributed by atoms with Crippen molar-refractivity contribution in [1.82, 2.24) is 14.8 Å². The van der Waals surface area contributed by atoms with Crippen LogP contribution in [0, 0.1) is 6.92 Å². The molecular formula is C21H20F3N3OS. The average molecular weight is 419 g/mol. The van der Waals surface area contributed by atoms with Gasteiger partial charge in [0.05, 0.1) is 5.56 Å². The van der Waals surface area contributed by atoms with Gasteiger partial charge in [-0.1, -0.05) is 53.7 Å². The van der Waals surface area contributed by atoms with Crippen LogP contribution in [0.5, 0.6) is 5.75 Å². The lowest BCUT2D eigenvalue weighted by atomic mass is 10.2. The lowest BCUT2D eigenvalue weighted by Gasteiger charge is -2.11. The highest BCUT2D eigenvalue weighted by Gasteiger charge is 2.30. The minimum absolute atomic E-state index is 0.00718. The number of ether oxygens (including phenoxy) is 1. The van der Waals surface area contributed by atoms with E-state index >= 15 is 0 Å². The summed E-state index contributed by atoms with van der Waals surface area (Å²) < 4.78 is 45.9. The van der Waals surface area contributed by atoms with Crippen molar-refractivity contribution in [2.75, 3.05) is 0 Å². The third kappa shape index (κ3) is 5.63. The zero-order valence-electron chi connectivity index (χ0n) is 15.8. The molecule has 0 atom stereocenters. The number of benzene rings is 2. The zero-order valence-corrected chi connectivity index (χ0v) is 16.6. The fourth-order valence-electron chi connectivity index (χ4n) is 2.59. The van der Waals surface area contributed by atoms with Gasteiger partial charge in [0, 0.05) is 12.3 Å². The second-order valence-electron chi connectivity index (χ2n) is 6.39. The number of hydrogen-bond acceptors (Lipinski definition) is 4. The molecule has 29 heavy (non-hydrogen) atoms. The number of nitrogens with zero attached hydrogens (tertiary/aromatic N) is 3. The lowest BCUT2D eigenvalue weighted by Crippen LogP contribution is -2.08. The molecule has 0 aliphatic rings. The van der Waals surface area contributed by atoms with Gasteiger partial charge in [0.15, 0.2) is 11.0 Å². The number of aryl methyl sites for hydroxylation is 1. The van der Waals surface area contributed by atoms with Gasteiger partial charge in [0.1, 0.15) is 12.4 Å². The van der Waals surface area contributed by atoms with Crippen molar-refractivity contribution < 1.29 is 17.9 Å². The maximum atomic E-state index is 12.8. The maximum absolute atomic E-state index is 12.8. The molecule has 3 rings (SSSR count). The average Bonchev–Trinajstić information content (AvgIpc) is 3.07. The van der Waals surface area contributed by atoms with Gasteiger partial charge < -0.3 is 4.74 Å². The van der Waals surface area contributed by atoms with Crippen molar-refractivity contribution in [2.45, 2.75) is 37.2 Å². The van der Waals surface area contributed by atoms with Gasteiger partial charge in [-0.2, -0.15) is 13.2 Å². The molecule has 3 aromatic rings. The summed E-state index contributed by atoms with van der Waals surface area (Å²) in [7, 11) is 0. The van der Waals surface area contributed by atoms with Crippen LogP contribution in [0.15, 0.2) is 66.3 Å². The van der Waals surface area contributed by atoms with Crippen LogP contribution in [0.2, 0.25) is 0 Å². The van der Waals surface area contributed by atoms with E-state index in [-0.39, 0.29) is 12.4 Å². The van der Waals surface area contributed by atoms with Crippen LogP contribution in [-0.2, 0) is 25.1 Å². The second-order valence-corrected chi connectivity index (χ2v) is 7.33. The van der Waals surface area contributed by atoms with E-state index in [2.05, 4.69) is 41.0 Å². The Morgan fingerprint density at radius 3 is 2.59 bits per heavy atom. The second kappa shape index (κ2) is 9.17. The van der Waals surface area contributed by atoms with E-state index < -0.39 is 11.7 Å². The Morgan fingerprint density at radius 2 is 1.90 bits per heavy atom. The van der Waals surface area contributed by atoms with Crippen LogP contribution >= 0.6 is 11.8 Å². The summed E-state index contributed by atoms with van der Waals surface area (Å²) in [6, 6.07) is 13.0. The molecule has 4 nitrogen and oxygen atoms in total. The number of rotatable bonds is 8. The Labute approximate surface area is 171 Å². The van der Waals surface area contributed by atoms with Crippen LogP contribution in [0.4, 0.5) is 13.2 Å². The fraction of sp³-hybridized carbons (Fsp3) is 0.238. The molecule has 1 heterocycles. The standard InChI is InChI=1S/C21H20F3N3OS/c1-3-11-27-19(13-28-18-6-4-5-17(12-18)21(22,23)24)25-26-20(27)29-14-16-9-7-15(2)8-10-16/h3-10,12H,1,11,13-14H2,2H3. The van der Waals surface area contributed by atoms with Gasteiger partial charge in [-0.05, 0) is 30.7 Å². The topological polar surface area (TPSA) is 39.9 Å². The first-order valence-corrected chi connectivity index (χ1v) is 9.87. The Balaban J connectivity index is 1.69. The summed E-state index contributed by atoms with van der Waals surface area (Å²) in [6.07, 6.45) is -2.70. The van der Waals surface area contributed by atoms with E-state index in [0.717, 1.165) is 23.4 Å². The lowest BCUT2D eigenvalue weighted by molar-refractivity contribution is -0.137. The molecule has 0 spiro atoms. The van der Waals surface area contributed by atoms with Crippen LogP contribution in [-0.4, -0.2) is 14.8 Å². The largest absolute Gasteiger partial charge is 0.486 e. The van der Waals surface area contributed by atoms with E-state index in [1.807, 2.05) is 11.5 Å². The van der Waals surface area contributed by atoms with Crippen molar-refractivity contribution in [3.05, 3.63) is 83.7 Å². The van der Waals surface area contributed by atoms with E-state index in [1.165, 1.54) is 29.5 Å². The minimum atomic E-state index is -4.41. The van der Waals surface area contributed by atoms with Gasteiger partial charge in [-0.25, -0.2) is 0 Å². The minimum Gasteiger partial charge on any atom is -0.486 e. The van der Waals surface area contributed by atoms with Crippen LogP contribution in [0.1, 0.15) is 22.5 Å². The summed E-state index contributed by atoms with van der Waals surface area (Å²) in [4.78, 5) is 0. The van der Waals surface area contributed by atoms with Crippen molar-refractivity contribution in [1.29, 1.82) is 0 Å². The monoisotopic (exact) mass is 419 g/mol. The number of hydrogen-bond donors (Lipinski definition) is 0. The van der Waals surface area contributed by atoms with Gasteiger partial charge in [-0.15, -0.1) is 16.8 Å². The molecule has 1 aromatic heterocycles. The van der Waals surface area contributed by atoms with Gasteiger partial charge in [-0.3, -0.25) is 4.57 Å². The van der Waals surface area contributed by atoms with Crippen LogP contribution in [0.3, 0.4) is 0 Å². The van der Waals surface area contributed by atoms with Crippen LogP contribution < -0.4 is 4.74 Å². The number of aromatic nitrogens is 3. The molecule has 152 valence electrons. The molecular weight excluding hydrogens is 399 g/mol. The first-order valence-electron chi connectivity index (χ1n) is 8.88. The van der Waals surface area contributed by atoms with Gasteiger partial charge in [0.2, 0.25) is 0 Å². The maximum Gasteiger partial charge on any atom is 0.416 e. The molecule has 0 saturated heterocycles. The molecule has 0 saturated carbocycles. The molecule has 0 N–H and O–H groups in total. The number of allylic oxidation sites excluding steroid dienone is 1. The van der Waals surface area contributed by atoms with E-state index in [4.69, 9.17) is 4.74 Å². The van der Waals surface area contributed by atoms with Crippen molar-refractivity contribution in [3.63, 3.8) is 0 Å². The van der Waals surface area contributed by atoms with E-state index in [0.29, 0.717) is 17.5 Å². The molecule has 8 heteroatoms. The summed E-state index contributed by atoms with van der Waals surface area (Å²) in [6.45, 7) is 6.27. The predicted molar refractivity (Wildman–Crippen MR) is 107 cm³/mol. The Morgan fingerprint density at radius 1 is 1.14 bits per heavy atom. The Bertz CT molecular complexity index is 968. The molecule has 0 aliphatic heterocycles. The van der Waals surface area contributed by atoms with E-state index in [9.17, 15) is 13.2 Å². The van der Waals surface area contributed by atoms with Crippen molar-refractivity contribution >= 4 is 11.8 Å².